The first-order chi connectivity index (χ1) is 6.39. The van der Waals surface area contributed by atoms with E-state index in [2.05, 4.69) is 5.16 Å². The number of carbonyl (C=O) groups is 1. The molecule has 0 aromatic heterocycles. The predicted octanol–water partition coefficient (Wildman–Crippen LogP) is 1.97. The molecule has 0 amide bonds. The molecule has 4 nitrogen and oxygen atoms in total. The van der Waals surface area contributed by atoms with E-state index in [1.54, 1.807) is 6.92 Å². The highest BCUT2D eigenvalue weighted by Crippen LogP contribution is 2.53. The van der Waals surface area contributed by atoms with Gasteiger partial charge in [0.25, 0.3) is 0 Å². The van der Waals surface area contributed by atoms with Gasteiger partial charge in [0.15, 0.2) is 0 Å². The number of hydrogen-bond acceptors (Lipinski definition) is 3. The van der Waals surface area contributed by atoms with E-state index in [0.717, 1.165) is 6.42 Å². The van der Waals surface area contributed by atoms with E-state index >= 15 is 0 Å². The third kappa shape index (κ3) is 1.74. The summed E-state index contributed by atoms with van der Waals surface area (Å²) in [5.41, 5.74) is 0.644. The van der Waals surface area contributed by atoms with Gasteiger partial charge < -0.3 is 10.3 Å². The Labute approximate surface area is 83.6 Å². The van der Waals surface area contributed by atoms with Crippen LogP contribution in [0.1, 0.15) is 33.6 Å². The van der Waals surface area contributed by atoms with Gasteiger partial charge in [-0.05, 0) is 24.7 Å². The Bertz CT molecular complexity index is 271. The second-order valence-electron chi connectivity index (χ2n) is 4.65. The van der Waals surface area contributed by atoms with Crippen molar-refractivity contribution in [3.8, 4) is 0 Å². The fraction of sp³-hybridized carbons (Fsp3) is 0.800. The molecule has 0 heterocycles. The summed E-state index contributed by atoms with van der Waals surface area (Å²) in [6.07, 6.45) is 1.03. The van der Waals surface area contributed by atoms with Crippen molar-refractivity contribution in [2.45, 2.75) is 33.6 Å². The van der Waals surface area contributed by atoms with Crippen molar-refractivity contribution >= 4 is 11.7 Å². The molecule has 1 aliphatic rings. The first-order valence-corrected chi connectivity index (χ1v) is 4.80. The van der Waals surface area contributed by atoms with E-state index in [9.17, 15) is 4.79 Å². The fourth-order valence-corrected chi connectivity index (χ4v) is 2.35. The van der Waals surface area contributed by atoms with Crippen LogP contribution >= 0.6 is 0 Å². The summed E-state index contributed by atoms with van der Waals surface area (Å²) < 4.78 is 0. The van der Waals surface area contributed by atoms with Crippen LogP contribution in [-0.4, -0.2) is 22.0 Å². The minimum atomic E-state index is -0.750. The SMILES string of the molecule is C/C(=N\O)[C@H]1C[C@@H](CC(=O)O)C1(C)C. The third-order valence-corrected chi connectivity index (χ3v) is 3.55. The molecular formula is C10H17NO3. The molecule has 0 radical (unpaired) electrons. The summed E-state index contributed by atoms with van der Waals surface area (Å²) in [7, 11) is 0. The van der Waals surface area contributed by atoms with Crippen molar-refractivity contribution in [3.05, 3.63) is 0 Å². The number of oxime groups is 1. The first-order valence-electron chi connectivity index (χ1n) is 4.80. The highest BCUT2D eigenvalue weighted by atomic mass is 16.4. The average molecular weight is 199 g/mol. The van der Waals surface area contributed by atoms with Gasteiger partial charge in [0, 0.05) is 12.3 Å². The molecular weight excluding hydrogens is 182 g/mol. The van der Waals surface area contributed by atoms with Gasteiger partial charge in [-0.3, -0.25) is 4.79 Å². The molecule has 1 rings (SSSR count). The van der Waals surface area contributed by atoms with E-state index in [4.69, 9.17) is 10.3 Å². The van der Waals surface area contributed by atoms with Crippen LogP contribution in [0.3, 0.4) is 0 Å². The van der Waals surface area contributed by atoms with Crippen LogP contribution < -0.4 is 0 Å². The zero-order valence-electron chi connectivity index (χ0n) is 8.82. The molecule has 0 spiro atoms. The zero-order chi connectivity index (χ0) is 10.9. The normalized spacial score (nSPS) is 30.9. The molecule has 1 fully saturated rings. The summed E-state index contributed by atoms with van der Waals surface area (Å²) in [5, 5.41) is 20.5. The number of aliphatic carboxylic acids is 1. The molecule has 0 unspecified atom stereocenters. The maximum Gasteiger partial charge on any atom is 0.303 e. The van der Waals surface area contributed by atoms with Crippen molar-refractivity contribution in [1.82, 2.24) is 0 Å². The molecule has 0 saturated heterocycles. The number of nitrogens with zero attached hydrogens (tertiary/aromatic N) is 1. The van der Waals surface area contributed by atoms with Crippen molar-refractivity contribution in [1.29, 1.82) is 0 Å². The molecule has 0 aromatic carbocycles. The van der Waals surface area contributed by atoms with Crippen LogP contribution in [0.4, 0.5) is 0 Å². The van der Waals surface area contributed by atoms with Crippen molar-refractivity contribution in [3.63, 3.8) is 0 Å². The molecule has 4 heteroatoms. The van der Waals surface area contributed by atoms with E-state index in [-0.39, 0.29) is 23.7 Å². The largest absolute Gasteiger partial charge is 0.481 e. The maximum absolute atomic E-state index is 10.6. The summed E-state index contributed by atoms with van der Waals surface area (Å²) in [6, 6.07) is 0. The standard InChI is InChI=1S/C10H17NO3/c1-6(11-14)8-4-7(5-9(12)13)10(8,2)3/h7-8,14H,4-5H2,1-3H3,(H,12,13)/b11-6+/t7-,8+/m0/s1. The van der Waals surface area contributed by atoms with Gasteiger partial charge in [-0.15, -0.1) is 0 Å². The summed E-state index contributed by atoms with van der Waals surface area (Å²) in [4.78, 5) is 10.6. The van der Waals surface area contributed by atoms with E-state index in [1.807, 2.05) is 13.8 Å². The third-order valence-electron chi connectivity index (χ3n) is 3.55. The highest BCUT2D eigenvalue weighted by molar-refractivity contribution is 5.85. The molecule has 0 aromatic rings. The minimum Gasteiger partial charge on any atom is -0.481 e. The van der Waals surface area contributed by atoms with Crippen molar-refractivity contribution in [2.75, 3.05) is 0 Å². The Hall–Kier alpha value is -1.06. The lowest BCUT2D eigenvalue weighted by Gasteiger charge is -2.51. The quantitative estimate of drug-likeness (QED) is 0.415. The van der Waals surface area contributed by atoms with Crippen molar-refractivity contribution in [2.24, 2.45) is 22.4 Å². The maximum atomic E-state index is 10.6. The Balaban J connectivity index is 2.63. The fourth-order valence-electron chi connectivity index (χ4n) is 2.35. The van der Waals surface area contributed by atoms with Gasteiger partial charge >= 0.3 is 5.97 Å². The lowest BCUT2D eigenvalue weighted by molar-refractivity contribution is -0.142. The first kappa shape index (κ1) is 11.0. The molecule has 0 bridgehead atoms. The molecule has 1 aliphatic carbocycles. The van der Waals surface area contributed by atoms with Gasteiger partial charge in [0.1, 0.15) is 0 Å². The van der Waals surface area contributed by atoms with Crippen LogP contribution in [0.25, 0.3) is 0 Å². The molecule has 0 aliphatic heterocycles. The average Bonchev–Trinajstić information content (AvgIpc) is 2.10. The Kier molecular flexibility index (Phi) is 2.83. The van der Waals surface area contributed by atoms with E-state index < -0.39 is 5.97 Å². The zero-order valence-corrected chi connectivity index (χ0v) is 8.82. The van der Waals surface area contributed by atoms with Crippen LogP contribution in [-0.2, 0) is 4.79 Å². The van der Waals surface area contributed by atoms with Gasteiger partial charge in [-0.1, -0.05) is 19.0 Å². The molecule has 2 N–H and O–H groups in total. The number of carboxylic acids is 1. The Morgan fingerprint density at radius 2 is 2.14 bits per heavy atom. The summed E-state index contributed by atoms with van der Waals surface area (Å²) >= 11 is 0. The summed E-state index contributed by atoms with van der Waals surface area (Å²) in [6.45, 7) is 5.84. The Morgan fingerprint density at radius 1 is 1.57 bits per heavy atom. The van der Waals surface area contributed by atoms with Crippen LogP contribution in [0.2, 0.25) is 0 Å². The summed E-state index contributed by atoms with van der Waals surface area (Å²) in [5.74, 6) is -0.335. The Morgan fingerprint density at radius 3 is 2.50 bits per heavy atom. The predicted molar refractivity (Wildman–Crippen MR) is 52.5 cm³/mol. The minimum absolute atomic E-state index is 0.0608. The second-order valence-corrected chi connectivity index (χ2v) is 4.65. The van der Waals surface area contributed by atoms with E-state index in [1.165, 1.54) is 0 Å². The van der Waals surface area contributed by atoms with Crippen LogP contribution in [0, 0.1) is 17.3 Å². The smallest absolute Gasteiger partial charge is 0.303 e. The van der Waals surface area contributed by atoms with Gasteiger partial charge in [-0.2, -0.15) is 0 Å². The topological polar surface area (TPSA) is 69.9 Å². The molecule has 1 saturated carbocycles. The second kappa shape index (κ2) is 3.59. The lowest BCUT2D eigenvalue weighted by Crippen LogP contribution is -2.48. The molecule has 2 atom stereocenters. The lowest BCUT2D eigenvalue weighted by atomic mass is 9.52. The van der Waals surface area contributed by atoms with Crippen molar-refractivity contribution < 1.29 is 15.1 Å². The monoisotopic (exact) mass is 199 g/mol. The number of carboxylic acid groups (broad SMARTS) is 1. The van der Waals surface area contributed by atoms with Crippen LogP contribution in [0.5, 0.6) is 0 Å². The molecule has 14 heavy (non-hydrogen) atoms. The van der Waals surface area contributed by atoms with E-state index in [0.29, 0.717) is 5.71 Å². The number of rotatable bonds is 3. The molecule has 80 valence electrons. The number of hydrogen-bond donors (Lipinski definition) is 2. The van der Waals surface area contributed by atoms with Gasteiger partial charge in [-0.25, -0.2) is 0 Å². The van der Waals surface area contributed by atoms with Gasteiger partial charge in [0.2, 0.25) is 0 Å². The van der Waals surface area contributed by atoms with Gasteiger partial charge in [0.05, 0.1) is 5.71 Å². The van der Waals surface area contributed by atoms with Crippen LogP contribution in [0.15, 0.2) is 5.16 Å². The highest BCUT2D eigenvalue weighted by Gasteiger charge is 2.49.